The summed E-state index contributed by atoms with van der Waals surface area (Å²) in [5.41, 5.74) is 8.12. The molecule has 30 heavy (non-hydrogen) atoms. The van der Waals surface area contributed by atoms with Gasteiger partial charge in [0.05, 0.1) is 11.2 Å². The van der Waals surface area contributed by atoms with Crippen molar-refractivity contribution in [1.82, 2.24) is 19.6 Å². The van der Waals surface area contributed by atoms with E-state index in [9.17, 15) is 4.79 Å². The van der Waals surface area contributed by atoms with Gasteiger partial charge in [-0.25, -0.2) is 4.98 Å². The van der Waals surface area contributed by atoms with Gasteiger partial charge in [-0.3, -0.25) is 14.1 Å². The number of hydrogen-bond acceptors (Lipinski definition) is 4. The first kappa shape index (κ1) is 18.8. The quantitative estimate of drug-likeness (QED) is 0.817. The van der Waals surface area contributed by atoms with E-state index >= 15 is 0 Å². The lowest BCUT2D eigenvalue weighted by Crippen LogP contribution is -2.60. The molecule has 4 aliphatic carbocycles. The van der Waals surface area contributed by atoms with E-state index in [1.165, 1.54) is 19.3 Å². The van der Waals surface area contributed by atoms with E-state index in [-0.39, 0.29) is 11.4 Å². The Hall–Kier alpha value is -1.92. The van der Waals surface area contributed by atoms with E-state index < -0.39 is 0 Å². The molecule has 0 unspecified atom stereocenters. The zero-order valence-corrected chi connectivity index (χ0v) is 17.7. The summed E-state index contributed by atoms with van der Waals surface area (Å²) in [6.45, 7) is 2.79. The second kappa shape index (κ2) is 7.06. The summed E-state index contributed by atoms with van der Waals surface area (Å²) in [4.78, 5) is 20.8. The van der Waals surface area contributed by atoms with Crippen LogP contribution in [0.15, 0.2) is 24.4 Å². The number of nitrogens with two attached hydrogens (primary N) is 1. The van der Waals surface area contributed by atoms with Gasteiger partial charge in [-0.05, 0) is 81.3 Å². The molecule has 5 fully saturated rings. The number of nitrogens with zero attached hydrogens (tertiary/aromatic N) is 3. The van der Waals surface area contributed by atoms with Crippen LogP contribution in [-0.4, -0.2) is 44.9 Å². The fraction of sp³-hybridized carbons (Fsp3) is 0.667. The zero-order chi connectivity index (χ0) is 20.3. The van der Waals surface area contributed by atoms with Crippen LogP contribution in [0.1, 0.15) is 67.7 Å². The summed E-state index contributed by atoms with van der Waals surface area (Å²) >= 11 is 0. The topological polar surface area (TPSA) is 75.7 Å². The van der Waals surface area contributed by atoms with E-state index in [0.29, 0.717) is 11.9 Å². The van der Waals surface area contributed by atoms with Gasteiger partial charge in [0.25, 0.3) is 5.91 Å². The van der Waals surface area contributed by atoms with Gasteiger partial charge in [-0.2, -0.15) is 0 Å². The number of aromatic nitrogens is 2. The first-order valence-corrected chi connectivity index (χ1v) is 11.8. The summed E-state index contributed by atoms with van der Waals surface area (Å²) < 4.78 is 1.99. The Bertz CT molecular complexity index is 922. The number of fused-ring (bicyclic) bond motifs is 1. The van der Waals surface area contributed by atoms with Gasteiger partial charge in [0.1, 0.15) is 0 Å². The van der Waals surface area contributed by atoms with Crippen LogP contribution in [0.2, 0.25) is 0 Å². The number of pyridine rings is 1. The van der Waals surface area contributed by atoms with E-state index in [1.54, 1.807) is 0 Å². The number of amides is 1. The number of likely N-dealkylation sites (tertiary alicyclic amines) is 1. The first-order valence-electron chi connectivity index (χ1n) is 11.8. The summed E-state index contributed by atoms with van der Waals surface area (Å²) in [6.07, 6.45) is 11.7. The lowest BCUT2D eigenvalue weighted by Gasteiger charge is -2.56. The molecule has 3 N–H and O–H groups in total. The van der Waals surface area contributed by atoms with E-state index in [1.807, 2.05) is 22.7 Å². The van der Waals surface area contributed by atoms with Crippen molar-refractivity contribution >= 4 is 11.4 Å². The molecule has 4 bridgehead atoms. The molecule has 160 valence electrons. The van der Waals surface area contributed by atoms with Crippen molar-refractivity contribution in [3.63, 3.8) is 0 Å². The lowest BCUT2D eigenvalue weighted by molar-refractivity contribution is -0.0169. The Morgan fingerprint density at radius 2 is 1.77 bits per heavy atom. The minimum atomic E-state index is 0.00469. The Labute approximate surface area is 178 Å². The van der Waals surface area contributed by atoms with Gasteiger partial charge >= 0.3 is 0 Å². The summed E-state index contributed by atoms with van der Waals surface area (Å²) in [5.74, 6) is 2.99. The second-order valence-electron chi connectivity index (χ2n) is 10.6. The van der Waals surface area contributed by atoms with E-state index in [2.05, 4.69) is 16.3 Å². The molecule has 0 aromatic carbocycles. The van der Waals surface area contributed by atoms with Gasteiger partial charge in [-0.15, -0.1) is 0 Å². The smallest absolute Gasteiger partial charge is 0.288 e. The Kier molecular flexibility index (Phi) is 4.43. The molecule has 5 aliphatic rings. The minimum absolute atomic E-state index is 0.00469. The minimum Gasteiger partial charge on any atom is -0.344 e. The van der Waals surface area contributed by atoms with Crippen molar-refractivity contribution < 1.29 is 4.79 Å². The fourth-order valence-electron chi connectivity index (χ4n) is 7.26. The molecule has 2 aromatic heterocycles. The van der Waals surface area contributed by atoms with Crippen LogP contribution in [0, 0.1) is 17.8 Å². The largest absolute Gasteiger partial charge is 0.344 e. The van der Waals surface area contributed by atoms with Crippen LogP contribution in [0.4, 0.5) is 0 Å². The number of piperidine rings is 1. The molecule has 0 spiro atoms. The van der Waals surface area contributed by atoms with Crippen LogP contribution in [0.5, 0.6) is 0 Å². The molecular formula is C24H33N5O. The monoisotopic (exact) mass is 407 g/mol. The summed E-state index contributed by atoms with van der Waals surface area (Å²) in [6, 6.07) is 6.42. The maximum absolute atomic E-state index is 13.5. The number of carbonyl (C=O) groups is 1. The summed E-state index contributed by atoms with van der Waals surface area (Å²) in [7, 11) is 0. The molecule has 6 nitrogen and oxygen atoms in total. The normalized spacial score (nSPS) is 34.0. The van der Waals surface area contributed by atoms with Gasteiger partial charge in [0.2, 0.25) is 5.82 Å². The Balaban J connectivity index is 1.26. The van der Waals surface area contributed by atoms with Crippen LogP contribution in [0.25, 0.3) is 5.52 Å². The van der Waals surface area contributed by atoms with Crippen LogP contribution < -0.4 is 11.1 Å². The molecule has 1 saturated heterocycles. The molecule has 1 aliphatic heterocycles. The first-order chi connectivity index (χ1) is 14.6. The van der Waals surface area contributed by atoms with Gasteiger partial charge < -0.3 is 11.1 Å². The van der Waals surface area contributed by atoms with E-state index in [0.717, 1.165) is 80.7 Å². The van der Waals surface area contributed by atoms with Crippen LogP contribution >= 0.6 is 0 Å². The third-order valence-corrected chi connectivity index (χ3v) is 8.25. The molecule has 0 radical (unpaired) electrons. The van der Waals surface area contributed by atoms with Crippen molar-refractivity contribution in [3.05, 3.63) is 35.9 Å². The van der Waals surface area contributed by atoms with Crippen molar-refractivity contribution in [2.45, 2.75) is 69.5 Å². The van der Waals surface area contributed by atoms with Crippen molar-refractivity contribution in [1.29, 1.82) is 0 Å². The molecule has 2 aromatic rings. The fourth-order valence-corrected chi connectivity index (χ4v) is 7.26. The number of nitrogens with one attached hydrogen (secondary N) is 1. The van der Waals surface area contributed by atoms with Crippen LogP contribution in [-0.2, 0) is 6.54 Å². The van der Waals surface area contributed by atoms with E-state index in [4.69, 9.17) is 10.7 Å². The highest BCUT2D eigenvalue weighted by molar-refractivity contribution is 5.92. The highest BCUT2D eigenvalue weighted by atomic mass is 16.2. The number of carbonyl (C=O) groups excluding carboxylic acids is 1. The lowest BCUT2D eigenvalue weighted by atomic mass is 9.53. The average Bonchev–Trinajstić information content (AvgIpc) is 3.07. The number of rotatable bonds is 4. The maximum atomic E-state index is 13.5. The highest BCUT2D eigenvalue weighted by Gasteiger charge is 2.51. The van der Waals surface area contributed by atoms with Crippen LogP contribution in [0.3, 0.4) is 0 Å². The van der Waals surface area contributed by atoms with Crippen molar-refractivity contribution in [2.75, 3.05) is 13.1 Å². The third-order valence-electron chi connectivity index (χ3n) is 8.25. The molecule has 0 atom stereocenters. The molecule has 4 saturated carbocycles. The summed E-state index contributed by atoms with van der Waals surface area (Å²) in [5, 5.41) is 3.50. The van der Waals surface area contributed by atoms with Gasteiger partial charge in [0, 0.05) is 37.4 Å². The van der Waals surface area contributed by atoms with Crippen molar-refractivity contribution in [2.24, 2.45) is 23.5 Å². The molecule has 7 rings (SSSR count). The van der Waals surface area contributed by atoms with Gasteiger partial charge in [-0.1, -0.05) is 6.07 Å². The van der Waals surface area contributed by atoms with Gasteiger partial charge in [0.15, 0.2) is 0 Å². The van der Waals surface area contributed by atoms with Crippen molar-refractivity contribution in [3.8, 4) is 0 Å². The molecule has 6 heteroatoms. The Morgan fingerprint density at radius 3 is 2.43 bits per heavy atom. The third kappa shape index (κ3) is 3.25. The molecule has 1 amide bonds. The molecular weight excluding hydrogens is 374 g/mol. The second-order valence-corrected chi connectivity index (χ2v) is 10.6. The zero-order valence-electron chi connectivity index (χ0n) is 17.7. The Morgan fingerprint density at radius 1 is 1.10 bits per heavy atom. The standard InChI is InChI=1S/C24H33N5O/c25-19-4-7-28(8-5-19)15-20-21-3-1-2-6-29(21)22(26-20)23(30)27-24-12-16-9-17(13-24)11-18(10-16)14-24/h1-3,6,16-19H,4-5,7-15,25H2,(H,27,30). The maximum Gasteiger partial charge on any atom is 0.288 e. The number of hydrogen-bond donors (Lipinski definition) is 2. The predicted octanol–water partition coefficient (Wildman–Crippen LogP) is 2.96. The molecule has 3 heterocycles. The predicted molar refractivity (Wildman–Crippen MR) is 116 cm³/mol. The SMILES string of the molecule is NC1CCN(Cc2nc(C(=O)NC34CC5CC(CC(C5)C3)C4)n3ccccc23)CC1. The number of imidazole rings is 1. The average molecular weight is 408 g/mol. The highest BCUT2D eigenvalue weighted by Crippen LogP contribution is 2.55.